The standard InChI is InChI=1S/C21H11F3NO3/c22-21(23,24)17-8-4-5-9-18(17)25-19(26)15-11-10-14(12-16(15)20(25)27)28-13-6-2-1-3-7-13/h2-12H. The molecule has 3 aromatic rings. The topological polar surface area (TPSA) is 46.6 Å². The molecule has 0 spiro atoms. The highest BCUT2D eigenvalue weighted by Gasteiger charge is 2.42. The second-order valence-corrected chi connectivity index (χ2v) is 6.01. The maximum absolute atomic E-state index is 13.3. The number of hydrogen-bond donors (Lipinski definition) is 0. The van der Waals surface area contributed by atoms with Crippen LogP contribution in [0, 0.1) is 6.07 Å². The molecule has 1 aliphatic rings. The first-order valence-electron chi connectivity index (χ1n) is 8.19. The number of ether oxygens (including phenoxy) is 1. The highest BCUT2D eigenvalue weighted by atomic mass is 19.4. The summed E-state index contributed by atoms with van der Waals surface area (Å²) in [5, 5.41) is 0. The molecule has 0 aliphatic carbocycles. The molecule has 4 nitrogen and oxygen atoms in total. The first-order chi connectivity index (χ1) is 13.4. The van der Waals surface area contributed by atoms with Crippen molar-refractivity contribution < 1.29 is 27.5 Å². The number of imide groups is 1. The zero-order valence-electron chi connectivity index (χ0n) is 14.2. The molecule has 1 aliphatic heterocycles. The number of fused-ring (bicyclic) bond motifs is 1. The number of carbonyl (C=O) groups is 2. The Hall–Kier alpha value is -3.61. The van der Waals surface area contributed by atoms with Crippen molar-refractivity contribution in [1.82, 2.24) is 0 Å². The predicted molar refractivity (Wildman–Crippen MR) is 94.4 cm³/mol. The fourth-order valence-corrected chi connectivity index (χ4v) is 2.99. The summed E-state index contributed by atoms with van der Waals surface area (Å²) in [5.41, 5.74) is -1.54. The third-order valence-electron chi connectivity index (χ3n) is 4.23. The number of amides is 2. The van der Waals surface area contributed by atoms with Crippen molar-refractivity contribution in [1.29, 1.82) is 0 Å². The fraction of sp³-hybridized carbons (Fsp3) is 0.0476. The number of halogens is 3. The summed E-state index contributed by atoms with van der Waals surface area (Å²) in [4.78, 5) is 26.0. The average molecular weight is 382 g/mol. The van der Waals surface area contributed by atoms with Gasteiger partial charge in [-0.15, -0.1) is 0 Å². The molecule has 0 unspecified atom stereocenters. The van der Waals surface area contributed by atoms with Crippen LogP contribution >= 0.6 is 0 Å². The molecule has 0 fully saturated rings. The number of benzene rings is 3. The molecule has 0 bridgehead atoms. The lowest BCUT2D eigenvalue weighted by molar-refractivity contribution is -0.137. The van der Waals surface area contributed by atoms with E-state index in [2.05, 4.69) is 6.07 Å². The zero-order valence-corrected chi connectivity index (χ0v) is 14.2. The van der Waals surface area contributed by atoms with Gasteiger partial charge in [-0.05, 0) is 48.5 Å². The van der Waals surface area contributed by atoms with E-state index in [0.29, 0.717) is 10.6 Å². The smallest absolute Gasteiger partial charge is 0.418 e. The van der Waals surface area contributed by atoms with Crippen LogP contribution in [0.3, 0.4) is 0 Å². The molecule has 3 aromatic carbocycles. The number of hydrogen-bond acceptors (Lipinski definition) is 3. The van der Waals surface area contributed by atoms with Gasteiger partial charge in [-0.25, -0.2) is 4.90 Å². The molecule has 2 amide bonds. The highest BCUT2D eigenvalue weighted by Crippen LogP contribution is 2.40. The minimum absolute atomic E-state index is 0.0121. The van der Waals surface area contributed by atoms with Gasteiger partial charge in [0.25, 0.3) is 11.8 Å². The van der Waals surface area contributed by atoms with Crippen LogP contribution in [-0.2, 0) is 6.18 Å². The molecule has 28 heavy (non-hydrogen) atoms. The summed E-state index contributed by atoms with van der Waals surface area (Å²) >= 11 is 0. The second-order valence-electron chi connectivity index (χ2n) is 6.01. The van der Waals surface area contributed by atoms with Gasteiger partial charge in [-0.3, -0.25) is 9.59 Å². The molecule has 1 heterocycles. The van der Waals surface area contributed by atoms with E-state index in [1.54, 1.807) is 24.3 Å². The van der Waals surface area contributed by atoms with Gasteiger partial charge in [0, 0.05) is 0 Å². The van der Waals surface area contributed by atoms with Crippen LogP contribution < -0.4 is 9.64 Å². The van der Waals surface area contributed by atoms with E-state index in [9.17, 15) is 22.8 Å². The lowest BCUT2D eigenvalue weighted by Crippen LogP contribution is -2.31. The minimum atomic E-state index is -4.70. The lowest BCUT2D eigenvalue weighted by Gasteiger charge is -2.19. The van der Waals surface area contributed by atoms with Crippen LogP contribution in [0.15, 0.2) is 66.7 Å². The van der Waals surface area contributed by atoms with Gasteiger partial charge in [0.15, 0.2) is 0 Å². The van der Waals surface area contributed by atoms with Crippen molar-refractivity contribution in [3.8, 4) is 11.5 Å². The van der Waals surface area contributed by atoms with Crippen LogP contribution in [0.25, 0.3) is 0 Å². The van der Waals surface area contributed by atoms with Gasteiger partial charge in [0.1, 0.15) is 11.5 Å². The maximum Gasteiger partial charge on any atom is 0.418 e. The number of nitrogens with zero attached hydrogens (tertiary/aromatic N) is 1. The molecule has 0 N–H and O–H groups in total. The van der Waals surface area contributed by atoms with Crippen LogP contribution in [0.2, 0.25) is 0 Å². The Balaban J connectivity index is 1.73. The van der Waals surface area contributed by atoms with Gasteiger partial charge >= 0.3 is 6.18 Å². The Kier molecular flexibility index (Phi) is 4.15. The van der Waals surface area contributed by atoms with Crippen LogP contribution in [-0.4, -0.2) is 11.8 Å². The average Bonchev–Trinajstić information content (AvgIpc) is 2.92. The third-order valence-corrected chi connectivity index (χ3v) is 4.23. The molecule has 0 saturated carbocycles. The van der Waals surface area contributed by atoms with Crippen molar-refractivity contribution in [3.63, 3.8) is 0 Å². The molecular weight excluding hydrogens is 371 g/mol. The second kappa shape index (κ2) is 6.53. The first-order valence-corrected chi connectivity index (χ1v) is 8.19. The van der Waals surface area contributed by atoms with Crippen molar-refractivity contribution in [3.05, 3.63) is 89.5 Å². The van der Waals surface area contributed by atoms with Crippen molar-refractivity contribution in [2.75, 3.05) is 4.90 Å². The SMILES string of the molecule is O=C1c2ccc(Oc3cc[c]cc3)cc2C(=O)N1c1ccccc1C(F)(F)F. The summed E-state index contributed by atoms with van der Waals surface area (Å²) in [6, 6.07) is 18.1. The maximum atomic E-state index is 13.3. The van der Waals surface area contributed by atoms with Gasteiger partial charge in [-0.1, -0.05) is 24.3 Å². The number of para-hydroxylation sites is 1. The molecule has 0 saturated heterocycles. The Morgan fingerprint density at radius 1 is 0.821 bits per heavy atom. The van der Waals surface area contributed by atoms with Crippen LogP contribution in [0.1, 0.15) is 26.3 Å². The Labute approximate surface area is 157 Å². The van der Waals surface area contributed by atoms with E-state index in [4.69, 9.17) is 4.74 Å². The molecule has 0 aromatic heterocycles. The van der Waals surface area contributed by atoms with E-state index in [0.717, 1.165) is 12.1 Å². The van der Waals surface area contributed by atoms with E-state index < -0.39 is 29.2 Å². The molecule has 4 rings (SSSR count). The van der Waals surface area contributed by atoms with E-state index in [1.807, 2.05) is 0 Å². The Morgan fingerprint density at radius 2 is 1.50 bits per heavy atom. The number of anilines is 1. The van der Waals surface area contributed by atoms with E-state index >= 15 is 0 Å². The number of rotatable bonds is 3. The van der Waals surface area contributed by atoms with Gasteiger partial charge in [0.05, 0.1) is 22.4 Å². The van der Waals surface area contributed by atoms with Crippen LogP contribution in [0.5, 0.6) is 11.5 Å². The third kappa shape index (κ3) is 3.00. The quantitative estimate of drug-likeness (QED) is 0.592. The van der Waals surface area contributed by atoms with Crippen molar-refractivity contribution >= 4 is 17.5 Å². The summed E-state index contributed by atoms with van der Waals surface area (Å²) in [6.45, 7) is 0. The zero-order chi connectivity index (χ0) is 19.9. The molecule has 139 valence electrons. The van der Waals surface area contributed by atoms with Crippen molar-refractivity contribution in [2.24, 2.45) is 0 Å². The Morgan fingerprint density at radius 3 is 2.21 bits per heavy atom. The monoisotopic (exact) mass is 382 g/mol. The van der Waals surface area contributed by atoms with Gasteiger partial charge in [0.2, 0.25) is 0 Å². The molecule has 1 radical (unpaired) electrons. The largest absolute Gasteiger partial charge is 0.457 e. The molecular formula is C21H11F3NO3. The lowest BCUT2D eigenvalue weighted by atomic mass is 10.1. The number of carbonyl (C=O) groups excluding carboxylic acids is 2. The minimum Gasteiger partial charge on any atom is -0.457 e. The summed E-state index contributed by atoms with van der Waals surface area (Å²) in [6.07, 6.45) is -4.70. The van der Waals surface area contributed by atoms with Gasteiger partial charge in [-0.2, -0.15) is 13.2 Å². The van der Waals surface area contributed by atoms with E-state index in [1.165, 1.54) is 30.3 Å². The fourth-order valence-electron chi connectivity index (χ4n) is 2.99. The van der Waals surface area contributed by atoms with E-state index in [-0.39, 0.29) is 16.9 Å². The summed E-state index contributed by atoms with van der Waals surface area (Å²) in [5.74, 6) is -0.854. The summed E-state index contributed by atoms with van der Waals surface area (Å²) < 4.78 is 45.6. The number of alkyl halides is 3. The first kappa shape index (κ1) is 17.8. The molecule has 7 heteroatoms. The molecule has 0 atom stereocenters. The van der Waals surface area contributed by atoms with Gasteiger partial charge < -0.3 is 4.74 Å². The Bertz CT molecular complexity index is 1080. The van der Waals surface area contributed by atoms with Crippen molar-refractivity contribution in [2.45, 2.75) is 6.18 Å². The normalized spacial score (nSPS) is 13.6. The highest BCUT2D eigenvalue weighted by molar-refractivity contribution is 6.34. The predicted octanol–water partition coefficient (Wildman–Crippen LogP) is 5.10. The van der Waals surface area contributed by atoms with Crippen LogP contribution in [0.4, 0.5) is 18.9 Å². The summed E-state index contributed by atoms with van der Waals surface area (Å²) in [7, 11) is 0.